The first-order valence-electron chi connectivity index (χ1n) is 6.14. The Hall–Kier alpha value is -2.19. The molecule has 0 radical (unpaired) electrons. The van der Waals surface area contributed by atoms with Gasteiger partial charge in [-0.1, -0.05) is 6.07 Å². The minimum absolute atomic E-state index is 0.344. The second kappa shape index (κ2) is 6.31. The average molecular weight is 286 g/mol. The van der Waals surface area contributed by atoms with Gasteiger partial charge in [-0.3, -0.25) is 0 Å². The van der Waals surface area contributed by atoms with E-state index in [0.29, 0.717) is 12.2 Å². The van der Waals surface area contributed by atoms with Crippen LogP contribution in [0, 0.1) is 11.3 Å². The predicted molar refractivity (Wildman–Crippen MR) is 79.6 cm³/mol. The molecule has 2 aromatic heterocycles. The molecule has 0 spiro atoms. The Morgan fingerprint density at radius 1 is 1.55 bits per heavy atom. The monoisotopic (exact) mass is 286 g/mol. The minimum atomic E-state index is -0.385. The molecule has 0 N–H and O–H groups in total. The van der Waals surface area contributed by atoms with Gasteiger partial charge in [-0.05, 0) is 31.4 Å². The van der Waals surface area contributed by atoms with Crippen LogP contribution in [0.25, 0.3) is 11.6 Å². The average Bonchev–Trinajstić information content (AvgIpc) is 2.78. The van der Waals surface area contributed by atoms with E-state index in [9.17, 15) is 10.1 Å². The van der Waals surface area contributed by atoms with Crippen LogP contribution < -0.4 is 0 Å². The summed E-state index contributed by atoms with van der Waals surface area (Å²) in [6.07, 6.45) is 6.87. The Balaban J connectivity index is 2.57. The van der Waals surface area contributed by atoms with Crippen LogP contribution >= 0.6 is 11.8 Å². The number of nitriles is 1. The minimum Gasteiger partial charge on any atom is -0.463 e. The van der Waals surface area contributed by atoms with Crippen molar-refractivity contribution in [1.82, 2.24) is 4.40 Å². The number of pyridine rings is 1. The Morgan fingerprint density at radius 3 is 3.00 bits per heavy atom. The maximum absolute atomic E-state index is 11.4. The summed E-state index contributed by atoms with van der Waals surface area (Å²) in [5, 5.41) is 9.33. The number of hydrogen-bond donors (Lipinski definition) is 0. The van der Waals surface area contributed by atoms with E-state index in [4.69, 9.17) is 4.74 Å². The summed E-state index contributed by atoms with van der Waals surface area (Å²) in [6.45, 7) is 2.11. The summed E-state index contributed by atoms with van der Waals surface area (Å²) < 4.78 is 6.78. The normalized spacial score (nSPS) is 10.8. The third kappa shape index (κ3) is 2.56. The lowest BCUT2D eigenvalue weighted by molar-refractivity contribution is -0.137. The number of esters is 1. The highest BCUT2D eigenvalue weighted by molar-refractivity contribution is 7.98. The van der Waals surface area contributed by atoms with Crippen molar-refractivity contribution < 1.29 is 9.53 Å². The van der Waals surface area contributed by atoms with Gasteiger partial charge in [-0.25, -0.2) is 4.79 Å². The van der Waals surface area contributed by atoms with E-state index in [0.717, 1.165) is 16.1 Å². The van der Waals surface area contributed by atoms with E-state index in [1.165, 1.54) is 17.8 Å². The molecule has 0 atom stereocenters. The lowest BCUT2D eigenvalue weighted by Gasteiger charge is -1.99. The highest BCUT2D eigenvalue weighted by Gasteiger charge is 2.15. The van der Waals surface area contributed by atoms with Crippen LogP contribution in [-0.2, 0) is 9.53 Å². The topological polar surface area (TPSA) is 54.5 Å². The summed E-state index contributed by atoms with van der Waals surface area (Å²) in [5.41, 5.74) is 2.28. The third-order valence-corrected chi connectivity index (χ3v) is 3.64. The molecule has 0 fully saturated rings. The molecule has 0 aromatic carbocycles. The number of carbonyl (C=O) groups excluding carboxylic acids is 1. The molecule has 4 nitrogen and oxygen atoms in total. The lowest BCUT2D eigenvalue weighted by Crippen LogP contribution is -1.99. The molecule has 0 aliphatic heterocycles. The Labute approximate surface area is 121 Å². The van der Waals surface area contributed by atoms with Crippen LogP contribution in [0.2, 0.25) is 0 Å². The number of thioether (sulfide) groups is 1. The van der Waals surface area contributed by atoms with Crippen LogP contribution in [0.5, 0.6) is 0 Å². The van der Waals surface area contributed by atoms with Gasteiger partial charge in [0.05, 0.1) is 28.3 Å². The third-order valence-electron chi connectivity index (χ3n) is 2.82. The van der Waals surface area contributed by atoms with Crippen molar-refractivity contribution in [3.63, 3.8) is 0 Å². The van der Waals surface area contributed by atoms with E-state index in [-0.39, 0.29) is 5.97 Å². The lowest BCUT2D eigenvalue weighted by atomic mass is 10.2. The maximum atomic E-state index is 11.4. The van der Waals surface area contributed by atoms with E-state index >= 15 is 0 Å². The summed E-state index contributed by atoms with van der Waals surface area (Å²) in [5.74, 6) is -0.385. The summed E-state index contributed by atoms with van der Waals surface area (Å²) >= 11 is 1.49. The predicted octanol–water partition coefficient (Wildman–Crippen LogP) is 3.11. The number of hydrogen-bond acceptors (Lipinski definition) is 4. The highest BCUT2D eigenvalue weighted by atomic mass is 32.2. The molecule has 0 aliphatic carbocycles. The quantitative estimate of drug-likeness (QED) is 0.492. The highest BCUT2D eigenvalue weighted by Crippen LogP contribution is 2.31. The zero-order valence-corrected chi connectivity index (χ0v) is 12.1. The number of nitrogens with zero attached hydrogens (tertiary/aromatic N) is 2. The van der Waals surface area contributed by atoms with Crippen molar-refractivity contribution >= 4 is 29.3 Å². The fraction of sp³-hybridized carbons (Fsp3) is 0.200. The standard InChI is InChI=1S/C15H14N2O2S/c1-3-19-14(18)8-7-13-15(20-2)11(10-16)12-6-4-5-9-17(12)13/h4-9H,3H2,1-2H3/b8-7+. The molecule has 0 saturated heterocycles. The van der Waals surface area contributed by atoms with Gasteiger partial charge in [0.25, 0.3) is 0 Å². The molecule has 5 heteroatoms. The van der Waals surface area contributed by atoms with E-state index in [2.05, 4.69) is 6.07 Å². The zero-order valence-electron chi connectivity index (χ0n) is 11.3. The van der Waals surface area contributed by atoms with Gasteiger partial charge in [-0.2, -0.15) is 5.26 Å². The van der Waals surface area contributed by atoms with Crippen LogP contribution in [-0.4, -0.2) is 23.2 Å². The van der Waals surface area contributed by atoms with Crippen molar-refractivity contribution in [2.24, 2.45) is 0 Å². The van der Waals surface area contributed by atoms with E-state index < -0.39 is 0 Å². The summed E-state index contributed by atoms with van der Waals surface area (Å²) in [6, 6.07) is 7.90. The van der Waals surface area contributed by atoms with Crippen LogP contribution in [0.15, 0.2) is 35.4 Å². The molecule has 0 bridgehead atoms. The molecule has 2 rings (SSSR count). The molecule has 102 valence electrons. The smallest absolute Gasteiger partial charge is 0.330 e. The molecule has 0 unspecified atom stereocenters. The SMILES string of the molecule is CCOC(=O)/C=C/c1c(SC)c(C#N)c2ccccn12. The fourth-order valence-electron chi connectivity index (χ4n) is 2.02. The second-order valence-electron chi connectivity index (χ2n) is 3.95. The van der Waals surface area contributed by atoms with Crippen LogP contribution in [0.4, 0.5) is 0 Å². The zero-order chi connectivity index (χ0) is 14.5. The molecular weight excluding hydrogens is 272 g/mol. The van der Waals surface area contributed by atoms with Gasteiger partial charge in [0.15, 0.2) is 0 Å². The number of aromatic nitrogens is 1. The molecule has 0 saturated carbocycles. The Kier molecular flexibility index (Phi) is 4.49. The van der Waals surface area contributed by atoms with Crippen molar-refractivity contribution in [2.75, 3.05) is 12.9 Å². The maximum Gasteiger partial charge on any atom is 0.330 e. The molecule has 20 heavy (non-hydrogen) atoms. The molecule has 0 aliphatic rings. The van der Waals surface area contributed by atoms with Crippen molar-refractivity contribution in [1.29, 1.82) is 5.26 Å². The van der Waals surface area contributed by atoms with Crippen molar-refractivity contribution in [2.45, 2.75) is 11.8 Å². The molecular formula is C15H14N2O2S. The number of ether oxygens (including phenoxy) is 1. The number of rotatable bonds is 4. The first-order chi connectivity index (χ1) is 9.72. The number of carbonyl (C=O) groups is 1. The van der Waals surface area contributed by atoms with E-state index in [1.54, 1.807) is 13.0 Å². The molecule has 2 aromatic rings. The summed E-state index contributed by atoms with van der Waals surface area (Å²) in [7, 11) is 0. The molecule has 0 amide bonds. The van der Waals surface area contributed by atoms with Gasteiger partial charge in [0, 0.05) is 12.3 Å². The first-order valence-corrected chi connectivity index (χ1v) is 7.37. The van der Waals surface area contributed by atoms with Crippen molar-refractivity contribution in [3.8, 4) is 6.07 Å². The van der Waals surface area contributed by atoms with Gasteiger partial charge < -0.3 is 9.14 Å². The second-order valence-corrected chi connectivity index (χ2v) is 4.76. The van der Waals surface area contributed by atoms with Gasteiger partial charge in [0.2, 0.25) is 0 Å². The Bertz CT molecular complexity index is 710. The van der Waals surface area contributed by atoms with Gasteiger partial charge in [0.1, 0.15) is 6.07 Å². The van der Waals surface area contributed by atoms with Gasteiger partial charge in [-0.15, -0.1) is 11.8 Å². The van der Waals surface area contributed by atoms with Crippen LogP contribution in [0.1, 0.15) is 18.2 Å². The molecule has 2 heterocycles. The number of fused-ring (bicyclic) bond motifs is 1. The largest absolute Gasteiger partial charge is 0.463 e. The fourth-order valence-corrected chi connectivity index (χ4v) is 2.75. The van der Waals surface area contributed by atoms with Crippen molar-refractivity contribution in [3.05, 3.63) is 41.7 Å². The summed E-state index contributed by atoms with van der Waals surface area (Å²) in [4.78, 5) is 12.3. The van der Waals surface area contributed by atoms with E-state index in [1.807, 2.05) is 35.1 Å². The van der Waals surface area contributed by atoms with Gasteiger partial charge >= 0.3 is 5.97 Å². The first kappa shape index (κ1) is 14.2. The van der Waals surface area contributed by atoms with Crippen LogP contribution in [0.3, 0.4) is 0 Å². The Morgan fingerprint density at radius 2 is 2.35 bits per heavy atom.